The van der Waals surface area contributed by atoms with Gasteiger partial charge in [0.1, 0.15) is 0 Å². The zero-order valence-corrected chi connectivity index (χ0v) is 15.6. The normalized spacial score (nSPS) is 15.5. The fraction of sp³-hybridized carbons (Fsp3) is 0.409. The summed E-state index contributed by atoms with van der Waals surface area (Å²) in [5.41, 5.74) is 4.92. The topological polar surface area (TPSA) is 41.1 Å². The van der Waals surface area contributed by atoms with Crippen LogP contribution in [0.1, 0.15) is 50.3 Å². The molecular weight excluding hydrogens is 308 g/mol. The van der Waals surface area contributed by atoms with Crippen molar-refractivity contribution in [3.63, 3.8) is 0 Å². The van der Waals surface area contributed by atoms with Crippen LogP contribution >= 0.6 is 0 Å². The predicted octanol–water partition coefficient (Wildman–Crippen LogP) is 5.15. The summed E-state index contributed by atoms with van der Waals surface area (Å²) in [6.07, 6.45) is 2.27. The number of anilines is 1. The second-order valence-electron chi connectivity index (χ2n) is 8.28. The van der Waals surface area contributed by atoms with Gasteiger partial charge in [-0.05, 0) is 48.4 Å². The van der Waals surface area contributed by atoms with Crippen LogP contribution < -0.4 is 10.6 Å². The molecule has 2 amide bonds. The highest BCUT2D eigenvalue weighted by molar-refractivity contribution is 5.89. The lowest BCUT2D eigenvalue weighted by Gasteiger charge is -2.20. The highest BCUT2D eigenvalue weighted by Gasteiger charge is 2.44. The van der Waals surface area contributed by atoms with Gasteiger partial charge < -0.3 is 10.6 Å². The van der Waals surface area contributed by atoms with Gasteiger partial charge in [-0.15, -0.1) is 0 Å². The van der Waals surface area contributed by atoms with Crippen LogP contribution in [-0.4, -0.2) is 12.6 Å². The summed E-state index contributed by atoms with van der Waals surface area (Å²) in [6.45, 7) is 9.33. The molecule has 3 heteroatoms. The Hall–Kier alpha value is -2.29. The molecule has 132 valence electrons. The fourth-order valence-corrected chi connectivity index (χ4v) is 3.10. The molecule has 2 aromatic carbocycles. The van der Waals surface area contributed by atoms with E-state index in [0.29, 0.717) is 6.54 Å². The van der Waals surface area contributed by atoms with Gasteiger partial charge in [-0.3, -0.25) is 0 Å². The summed E-state index contributed by atoms with van der Waals surface area (Å²) in [7, 11) is 0. The molecule has 0 bridgehead atoms. The minimum absolute atomic E-state index is 0.118. The lowest BCUT2D eigenvalue weighted by molar-refractivity contribution is 0.251. The zero-order valence-electron chi connectivity index (χ0n) is 15.6. The summed E-state index contributed by atoms with van der Waals surface area (Å²) >= 11 is 0. The molecule has 3 nitrogen and oxygen atoms in total. The quantitative estimate of drug-likeness (QED) is 0.797. The Kier molecular flexibility index (Phi) is 4.59. The Morgan fingerprint density at radius 3 is 2.12 bits per heavy atom. The van der Waals surface area contributed by atoms with Gasteiger partial charge in [0.15, 0.2) is 0 Å². The van der Waals surface area contributed by atoms with E-state index in [9.17, 15) is 4.79 Å². The van der Waals surface area contributed by atoms with Gasteiger partial charge in [0.25, 0.3) is 0 Å². The second-order valence-corrected chi connectivity index (χ2v) is 8.28. The van der Waals surface area contributed by atoms with E-state index in [4.69, 9.17) is 0 Å². The molecule has 2 aromatic rings. The van der Waals surface area contributed by atoms with Gasteiger partial charge in [-0.25, -0.2) is 4.79 Å². The maximum atomic E-state index is 12.2. The Morgan fingerprint density at radius 2 is 1.60 bits per heavy atom. The molecule has 0 heterocycles. The molecule has 0 radical (unpaired) electrons. The molecule has 25 heavy (non-hydrogen) atoms. The molecule has 0 unspecified atom stereocenters. The van der Waals surface area contributed by atoms with Gasteiger partial charge in [0, 0.05) is 17.6 Å². The van der Waals surface area contributed by atoms with Crippen molar-refractivity contribution in [1.29, 1.82) is 0 Å². The molecule has 1 aliphatic rings. The Balaban J connectivity index is 1.55. The number of urea groups is 1. The van der Waals surface area contributed by atoms with Crippen molar-refractivity contribution in [1.82, 2.24) is 5.32 Å². The van der Waals surface area contributed by atoms with Crippen molar-refractivity contribution in [3.8, 4) is 0 Å². The average Bonchev–Trinajstić information content (AvgIpc) is 3.34. The number of carbonyl (C=O) groups is 1. The molecule has 1 fully saturated rings. The van der Waals surface area contributed by atoms with Crippen molar-refractivity contribution < 1.29 is 4.79 Å². The second kappa shape index (κ2) is 6.55. The number of rotatable bonds is 4. The molecule has 2 N–H and O–H groups in total. The van der Waals surface area contributed by atoms with Crippen LogP contribution in [0.4, 0.5) is 10.5 Å². The van der Waals surface area contributed by atoms with Crippen molar-refractivity contribution >= 4 is 11.7 Å². The lowest BCUT2D eigenvalue weighted by Crippen LogP contribution is -2.35. The Labute approximate surface area is 150 Å². The van der Waals surface area contributed by atoms with Crippen molar-refractivity contribution in [2.75, 3.05) is 11.9 Å². The van der Waals surface area contributed by atoms with Gasteiger partial charge in [0.2, 0.25) is 0 Å². The largest absolute Gasteiger partial charge is 0.337 e. The zero-order chi connectivity index (χ0) is 18.1. The molecule has 1 saturated carbocycles. The molecule has 0 aliphatic heterocycles. The minimum Gasteiger partial charge on any atom is -0.337 e. The first-order valence-electron chi connectivity index (χ1n) is 9.01. The van der Waals surface area contributed by atoms with E-state index in [1.165, 1.54) is 16.7 Å². The molecule has 0 saturated heterocycles. The first-order chi connectivity index (χ1) is 11.8. The summed E-state index contributed by atoms with van der Waals surface area (Å²) in [5.74, 6) is 0. The van der Waals surface area contributed by atoms with Crippen molar-refractivity contribution in [2.45, 2.75) is 51.4 Å². The smallest absolute Gasteiger partial charge is 0.319 e. The number of hydrogen-bond donors (Lipinski definition) is 2. The third-order valence-electron chi connectivity index (χ3n) is 5.11. The molecule has 0 spiro atoms. The Morgan fingerprint density at radius 1 is 1.00 bits per heavy atom. The molecule has 0 atom stereocenters. The van der Waals surface area contributed by atoms with E-state index in [1.54, 1.807) is 0 Å². The third kappa shape index (κ3) is 4.22. The van der Waals surface area contributed by atoms with E-state index in [0.717, 1.165) is 18.5 Å². The van der Waals surface area contributed by atoms with Gasteiger partial charge in [-0.1, -0.05) is 62.7 Å². The third-order valence-corrected chi connectivity index (χ3v) is 5.11. The summed E-state index contributed by atoms with van der Waals surface area (Å²) < 4.78 is 0. The summed E-state index contributed by atoms with van der Waals surface area (Å²) in [6, 6.07) is 16.6. The Bertz CT molecular complexity index is 735. The van der Waals surface area contributed by atoms with Gasteiger partial charge in [-0.2, -0.15) is 0 Å². The van der Waals surface area contributed by atoms with E-state index in [1.807, 2.05) is 12.1 Å². The van der Waals surface area contributed by atoms with Gasteiger partial charge in [0.05, 0.1) is 0 Å². The standard InChI is InChI=1S/C22H28N2O/c1-16-5-7-18(8-6-16)22(13-14-22)15-23-20(25)24-19-11-9-17(10-12-19)21(2,3)4/h5-12H,13-15H2,1-4H3,(H2,23,24,25). The highest BCUT2D eigenvalue weighted by atomic mass is 16.2. The number of benzene rings is 2. The van der Waals surface area contributed by atoms with Crippen LogP contribution in [0.2, 0.25) is 0 Å². The van der Waals surface area contributed by atoms with E-state index < -0.39 is 0 Å². The number of carbonyl (C=O) groups excluding carboxylic acids is 1. The maximum absolute atomic E-state index is 12.2. The predicted molar refractivity (Wildman–Crippen MR) is 104 cm³/mol. The van der Waals surface area contributed by atoms with Gasteiger partial charge >= 0.3 is 6.03 Å². The number of amides is 2. The van der Waals surface area contributed by atoms with Crippen LogP contribution in [0.3, 0.4) is 0 Å². The maximum Gasteiger partial charge on any atom is 0.319 e. The fourth-order valence-electron chi connectivity index (χ4n) is 3.10. The van der Waals surface area contributed by atoms with Crippen LogP contribution in [0.25, 0.3) is 0 Å². The van der Waals surface area contributed by atoms with Crippen LogP contribution in [-0.2, 0) is 10.8 Å². The first-order valence-corrected chi connectivity index (χ1v) is 9.01. The lowest BCUT2D eigenvalue weighted by atomic mass is 9.87. The van der Waals surface area contributed by atoms with Crippen LogP contribution in [0, 0.1) is 6.92 Å². The molecule has 1 aliphatic carbocycles. The first kappa shape index (κ1) is 17.5. The number of aryl methyl sites for hydroxylation is 1. The molecule has 3 rings (SSSR count). The minimum atomic E-state index is -0.137. The number of nitrogens with one attached hydrogen (secondary N) is 2. The van der Waals surface area contributed by atoms with Crippen molar-refractivity contribution in [3.05, 3.63) is 65.2 Å². The van der Waals surface area contributed by atoms with E-state index >= 15 is 0 Å². The van der Waals surface area contributed by atoms with Crippen LogP contribution in [0.5, 0.6) is 0 Å². The summed E-state index contributed by atoms with van der Waals surface area (Å²) in [5, 5.41) is 5.97. The average molecular weight is 336 g/mol. The molecule has 0 aromatic heterocycles. The van der Waals surface area contributed by atoms with E-state index in [2.05, 4.69) is 74.7 Å². The van der Waals surface area contributed by atoms with E-state index in [-0.39, 0.29) is 16.9 Å². The van der Waals surface area contributed by atoms with Crippen LogP contribution in [0.15, 0.2) is 48.5 Å². The SMILES string of the molecule is Cc1ccc(C2(CNC(=O)Nc3ccc(C(C)(C)C)cc3)CC2)cc1. The summed E-state index contributed by atoms with van der Waals surface area (Å²) in [4.78, 5) is 12.2. The monoisotopic (exact) mass is 336 g/mol. The molecular formula is C22H28N2O. The number of hydrogen-bond acceptors (Lipinski definition) is 1. The highest BCUT2D eigenvalue weighted by Crippen LogP contribution is 2.47. The van der Waals surface area contributed by atoms with Crippen molar-refractivity contribution in [2.24, 2.45) is 0 Å².